The molecule has 0 aliphatic heterocycles. The van der Waals surface area contributed by atoms with Gasteiger partial charge in [0, 0.05) is 30.1 Å². The van der Waals surface area contributed by atoms with Crippen molar-refractivity contribution in [3.8, 4) is 22.3 Å². The first-order valence-corrected chi connectivity index (χ1v) is 13.5. The van der Waals surface area contributed by atoms with Crippen molar-refractivity contribution in [2.24, 2.45) is 0 Å². The number of benzene rings is 2. The van der Waals surface area contributed by atoms with E-state index in [-0.39, 0.29) is 5.25 Å². The number of aromatic nitrogens is 1. The minimum absolute atomic E-state index is 0.198. The zero-order valence-electron chi connectivity index (χ0n) is 19.1. The Morgan fingerprint density at radius 1 is 0.906 bits per heavy atom. The lowest BCUT2D eigenvalue weighted by Crippen LogP contribution is -2.06. The molecule has 2 aromatic carbocycles. The summed E-state index contributed by atoms with van der Waals surface area (Å²) in [6, 6.07) is 14.0. The molecular weight excluding hydrogens is 434 g/mol. The molecule has 0 amide bonds. The third kappa shape index (κ3) is 4.46. The standard InChI is InChI=1S/C27H31NO2S2/c1-4-15-28-17-25(21-8-10-22(11-9-21)32(29,30)23-12-13-23)27(31)26(18-28)24-14-7-19(5-2)16-20(24)6-3/h7-11,14,16-18,23H,4-6,12-13,15H2,1-3H3. The molecular formula is C27H31NO2S2. The van der Waals surface area contributed by atoms with Gasteiger partial charge in [0.15, 0.2) is 9.84 Å². The van der Waals surface area contributed by atoms with E-state index >= 15 is 0 Å². The molecule has 1 fully saturated rings. The van der Waals surface area contributed by atoms with E-state index in [1.807, 2.05) is 12.1 Å². The van der Waals surface area contributed by atoms with Crippen LogP contribution in [0.4, 0.5) is 0 Å². The lowest BCUT2D eigenvalue weighted by molar-refractivity contribution is 0.595. The van der Waals surface area contributed by atoms with Crippen molar-refractivity contribution >= 4 is 22.1 Å². The summed E-state index contributed by atoms with van der Waals surface area (Å²) in [7, 11) is -3.19. The van der Waals surface area contributed by atoms with Crippen molar-refractivity contribution in [2.45, 2.75) is 69.6 Å². The van der Waals surface area contributed by atoms with Crippen LogP contribution in [-0.4, -0.2) is 18.2 Å². The molecule has 0 spiro atoms. The number of rotatable bonds is 8. The molecule has 0 radical (unpaired) electrons. The summed E-state index contributed by atoms with van der Waals surface area (Å²) in [6.07, 6.45) is 8.80. The topological polar surface area (TPSA) is 39.1 Å². The van der Waals surface area contributed by atoms with Gasteiger partial charge in [0.05, 0.1) is 14.7 Å². The second-order valence-electron chi connectivity index (χ2n) is 8.62. The van der Waals surface area contributed by atoms with Crippen molar-refractivity contribution in [3.63, 3.8) is 0 Å². The average Bonchev–Trinajstić information content (AvgIpc) is 3.66. The largest absolute Gasteiger partial charge is 0.353 e. The van der Waals surface area contributed by atoms with Crippen LogP contribution in [0.15, 0.2) is 59.8 Å². The highest BCUT2D eigenvalue weighted by molar-refractivity contribution is 7.92. The number of hydrogen-bond acceptors (Lipinski definition) is 3. The van der Waals surface area contributed by atoms with E-state index in [4.69, 9.17) is 12.2 Å². The molecule has 1 aliphatic rings. The van der Waals surface area contributed by atoms with Crippen LogP contribution in [0.1, 0.15) is 51.2 Å². The third-order valence-electron chi connectivity index (χ3n) is 6.27. The summed E-state index contributed by atoms with van der Waals surface area (Å²) in [4.78, 5) is 0.413. The predicted molar refractivity (Wildman–Crippen MR) is 135 cm³/mol. The second kappa shape index (κ2) is 9.32. The zero-order chi connectivity index (χ0) is 22.9. The van der Waals surface area contributed by atoms with E-state index in [2.05, 4.69) is 55.9 Å². The van der Waals surface area contributed by atoms with Gasteiger partial charge in [0.1, 0.15) is 0 Å². The molecule has 4 rings (SSSR count). The Balaban J connectivity index is 1.83. The smallest absolute Gasteiger partial charge is 0.181 e. The van der Waals surface area contributed by atoms with Crippen LogP contribution in [0.5, 0.6) is 0 Å². The Hall–Kier alpha value is -2.24. The minimum atomic E-state index is -3.19. The van der Waals surface area contributed by atoms with Crippen molar-refractivity contribution in [3.05, 3.63) is 70.5 Å². The zero-order valence-corrected chi connectivity index (χ0v) is 20.7. The van der Waals surface area contributed by atoms with Crippen LogP contribution >= 0.6 is 12.2 Å². The van der Waals surface area contributed by atoms with Crippen molar-refractivity contribution in [1.29, 1.82) is 0 Å². The number of sulfone groups is 1. The molecule has 1 heterocycles. The Kier molecular flexibility index (Phi) is 6.68. The molecule has 1 aliphatic carbocycles. The fourth-order valence-electron chi connectivity index (χ4n) is 4.23. The highest BCUT2D eigenvalue weighted by Gasteiger charge is 2.36. The van der Waals surface area contributed by atoms with Gasteiger partial charge < -0.3 is 4.57 Å². The van der Waals surface area contributed by atoms with E-state index < -0.39 is 9.84 Å². The van der Waals surface area contributed by atoms with Gasteiger partial charge >= 0.3 is 0 Å². The lowest BCUT2D eigenvalue weighted by Gasteiger charge is -2.16. The first kappa shape index (κ1) is 22.9. The average molecular weight is 466 g/mol. The molecule has 32 heavy (non-hydrogen) atoms. The van der Waals surface area contributed by atoms with Gasteiger partial charge in [0.2, 0.25) is 0 Å². The van der Waals surface area contributed by atoms with E-state index in [1.54, 1.807) is 12.1 Å². The molecule has 0 N–H and O–H groups in total. The maximum absolute atomic E-state index is 12.6. The molecule has 168 valence electrons. The predicted octanol–water partition coefficient (Wildman–Crippen LogP) is 7.02. The highest BCUT2D eigenvalue weighted by Crippen LogP contribution is 2.35. The molecule has 0 atom stereocenters. The maximum atomic E-state index is 12.6. The maximum Gasteiger partial charge on any atom is 0.181 e. The monoisotopic (exact) mass is 465 g/mol. The van der Waals surface area contributed by atoms with E-state index in [0.717, 1.165) is 59.8 Å². The fourth-order valence-corrected chi connectivity index (χ4v) is 6.22. The van der Waals surface area contributed by atoms with E-state index in [9.17, 15) is 8.42 Å². The van der Waals surface area contributed by atoms with Crippen LogP contribution < -0.4 is 0 Å². The van der Waals surface area contributed by atoms with Crippen LogP contribution in [0.25, 0.3) is 22.3 Å². The number of nitrogens with zero attached hydrogens (tertiary/aromatic N) is 1. The van der Waals surface area contributed by atoms with Gasteiger partial charge in [-0.1, -0.05) is 63.3 Å². The Morgan fingerprint density at radius 2 is 1.59 bits per heavy atom. The van der Waals surface area contributed by atoms with Crippen molar-refractivity contribution in [2.75, 3.05) is 0 Å². The van der Waals surface area contributed by atoms with Gasteiger partial charge in [-0.05, 0) is 66.5 Å². The van der Waals surface area contributed by atoms with Crippen molar-refractivity contribution < 1.29 is 8.42 Å². The normalized spacial score (nSPS) is 14.0. The van der Waals surface area contributed by atoms with Crippen LogP contribution in [0.3, 0.4) is 0 Å². The van der Waals surface area contributed by atoms with Gasteiger partial charge in [-0.15, -0.1) is 0 Å². The fraction of sp³-hybridized carbons (Fsp3) is 0.370. The Morgan fingerprint density at radius 3 is 2.19 bits per heavy atom. The molecule has 3 nitrogen and oxygen atoms in total. The Labute approximate surface area is 197 Å². The summed E-state index contributed by atoms with van der Waals surface area (Å²) in [6.45, 7) is 7.43. The molecule has 3 aromatic rings. The van der Waals surface area contributed by atoms with Gasteiger partial charge in [-0.25, -0.2) is 8.42 Å². The molecule has 0 saturated heterocycles. The van der Waals surface area contributed by atoms with E-state index in [1.165, 1.54) is 16.7 Å². The molecule has 0 unspecified atom stereocenters. The number of aryl methyl sites for hydroxylation is 3. The number of hydrogen-bond donors (Lipinski definition) is 0. The van der Waals surface area contributed by atoms with Crippen LogP contribution in [-0.2, 0) is 29.2 Å². The minimum Gasteiger partial charge on any atom is -0.353 e. The van der Waals surface area contributed by atoms with Gasteiger partial charge in [-0.3, -0.25) is 0 Å². The van der Waals surface area contributed by atoms with E-state index in [0.29, 0.717) is 4.90 Å². The molecule has 0 bridgehead atoms. The SMILES string of the molecule is CCCn1cc(-c2ccc(S(=O)(=O)C3CC3)cc2)c(=S)c(-c2ccc(CC)cc2CC)c1. The van der Waals surface area contributed by atoms with Crippen LogP contribution in [0.2, 0.25) is 0 Å². The molecule has 5 heteroatoms. The van der Waals surface area contributed by atoms with Gasteiger partial charge in [-0.2, -0.15) is 0 Å². The summed E-state index contributed by atoms with van der Waals surface area (Å²) >= 11 is 5.99. The number of pyridine rings is 1. The van der Waals surface area contributed by atoms with Gasteiger partial charge in [0.25, 0.3) is 0 Å². The summed E-state index contributed by atoms with van der Waals surface area (Å²) in [5.41, 5.74) is 6.83. The Bertz CT molecular complexity index is 1280. The third-order valence-corrected chi connectivity index (χ3v) is 8.99. The summed E-state index contributed by atoms with van der Waals surface area (Å²) in [5.74, 6) is 0. The van der Waals surface area contributed by atoms with Crippen molar-refractivity contribution in [1.82, 2.24) is 4.57 Å². The second-order valence-corrected chi connectivity index (χ2v) is 11.3. The summed E-state index contributed by atoms with van der Waals surface area (Å²) < 4.78 is 28.2. The first-order valence-electron chi connectivity index (χ1n) is 11.6. The summed E-state index contributed by atoms with van der Waals surface area (Å²) in [5, 5.41) is -0.198. The molecule has 1 aromatic heterocycles. The first-order chi connectivity index (χ1) is 15.4. The molecule has 1 saturated carbocycles. The lowest BCUT2D eigenvalue weighted by atomic mass is 9.94. The highest BCUT2D eigenvalue weighted by atomic mass is 32.2. The quantitative estimate of drug-likeness (QED) is 0.335. The van der Waals surface area contributed by atoms with Crippen LogP contribution in [0, 0.1) is 4.51 Å².